The fourth-order valence-electron chi connectivity index (χ4n) is 2.10. The Morgan fingerprint density at radius 1 is 1.22 bits per heavy atom. The van der Waals surface area contributed by atoms with Crippen LogP contribution in [-0.2, 0) is 0 Å². The Morgan fingerprint density at radius 3 is 2.44 bits per heavy atom. The highest BCUT2D eigenvalue weighted by Crippen LogP contribution is 2.32. The molecule has 1 fully saturated rings. The lowest BCUT2D eigenvalue weighted by Gasteiger charge is -2.34. The lowest BCUT2D eigenvalue weighted by molar-refractivity contribution is 0.0180. The molecule has 1 saturated heterocycles. The van der Waals surface area contributed by atoms with Gasteiger partial charge < -0.3 is 5.32 Å². The molecule has 18 heavy (non-hydrogen) atoms. The number of pyridine rings is 1. The Balaban J connectivity index is 2.28. The third kappa shape index (κ3) is 3.09. The average molecular weight is 296 g/mol. The van der Waals surface area contributed by atoms with Crippen molar-refractivity contribution in [1.82, 2.24) is 15.2 Å². The third-order valence-corrected chi connectivity index (χ3v) is 3.46. The van der Waals surface area contributed by atoms with Crippen LogP contribution in [0.4, 0.5) is 8.78 Å². The first-order valence-corrected chi connectivity index (χ1v) is 6.40. The second-order valence-electron chi connectivity index (χ2n) is 4.08. The van der Waals surface area contributed by atoms with Crippen molar-refractivity contribution < 1.29 is 8.78 Å². The lowest BCUT2D eigenvalue weighted by Crippen LogP contribution is -2.47. The molecule has 100 valence electrons. The molecule has 3 nitrogen and oxygen atoms in total. The number of hydrogen-bond donors (Lipinski definition) is 1. The number of alkyl halides is 2. The number of aromatic nitrogens is 1. The Labute approximate surface area is 114 Å². The van der Waals surface area contributed by atoms with E-state index in [2.05, 4.69) is 10.3 Å². The number of nitrogens with one attached hydrogen (secondary N) is 1. The van der Waals surface area contributed by atoms with E-state index in [1.54, 1.807) is 4.90 Å². The molecule has 0 aliphatic carbocycles. The molecule has 0 bridgehead atoms. The summed E-state index contributed by atoms with van der Waals surface area (Å²) >= 11 is 11.6. The largest absolute Gasteiger partial charge is 0.314 e. The van der Waals surface area contributed by atoms with Crippen molar-refractivity contribution in [3.05, 3.63) is 28.0 Å². The highest BCUT2D eigenvalue weighted by atomic mass is 35.5. The topological polar surface area (TPSA) is 28.2 Å². The fraction of sp³-hybridized carbons (Fsp3) is 0.545. The molecule has 0 aromatic carbocycles. The molecule has 1 aromatic rings. The van der Waals surface area contributed by atoms with Crippen LogP contribution in [0.2, 0.25) is 10.3 Å². The maximum Gasteiger partial charge on any atom is 0.258 e. The van der Waals surface area contributed by atoms with Crippen LogP contribution in [0.5, 0.6) is 0 Å². The monoisotopic (exact) mass is 295 g/mol. The summed E-state index contributed by atoms with van der Waals surface area (Å²) in [7, 11) is 0. The summed E-state index contributed by atoms with van der Waals surface area (Å²) in [6.07, 6.45) is -2.51. The van der Waals surface area contributed by atoms with Crippen LogP contribution in [-0.4, -0.2) is 42.5 Å². The van der Waals surface area contributed by atoms with Gasteiger partial charge in [0.15, 0.2) is 0 Å². The van der Waals surface area contributed by atoms with Gasteiger partial charge in [0, 0.05) is 31.7 Å². The summed E-state index contributed by atoms with van der Waals surface area (Å²) in [4.78, 5) is 5.55. The summed E-state index contributed by atoms with van der Waals surface area (Å²) < 4.78 is 26.5. The van der Waals surface area contributed by atoms with E-state index in [9.17, 15) is 8.78 Å². The van der Waals surface area contributed by atoms with Crippen LogP contribution in [0.1, 0.15) is 11.6 Å². The molecule has 1 aliphatic heterocycles. The van der Waals surface area contributed by atoms with Crippen molar-refractivity contribution in [1.29, 1.82) is 0 Å². The molecular weight excluding hydrogens is 283 g/mol. The van der Waals surface area contributed by atoms with E-state index >= 15 is 0 Å². The predicted molar refractivity (Wildman–Crippen MR) is 67.4 cm³/mol. The fourth-order valence-corrected chi connectivity index (χ4v) is 2.55. The zero-order valence-electron chi connectivity index (χ0n) is 9.54. The molecule has 1 aliphatic rings. The molecule has 2 heterocycles. The Morgan fingerprint density at radius 2 is 1.89 bits per heavy atom. The molecule has 7 heteroatoms. The van der Waals surface area contributed by atoms with E-state index in [0.29, 0.717) is 31.7 Å². The molecule has 0 unspecified atom stereocenters. The number of piperazine rings is 1. The van der Waals surface area contributed by atoms with Gasteiger partial charge in [-0.25, -0.2) is 13.8 Å². The molecule has 0 radical (unpaired) electrons. The minimum Gasteiger partial charge on any atom is -0.314 e. The molecule has 2 rings (SSSR count). The van der Waals surface area contributed by atoms with Gasteiger partial charge in [-0.15, -0.1) is 0 Å². The Kier molecular flexibility index (Phi) is 4.72. The minimum absolute atomic E-state index is 0.0475. The second-order valence-corrected chi connectivity index (χ2v) is 4.82. The van der Waals surface area contributed by atoms with Crippen molar-refractivity contribution in [2.75, 3.05) is 26.2 Å². The van der Waals surface area contributed by atoms with Crippen molar-refractivity contribution in [3.8, 4) is 0 Å². The van der Waals surface area contributed by atoms with Crippen LogP contribution in [0.25, 0.3) is 0 Å². The molecule has 1 aromatic heterocycles. The highest BCUT2D eigenvalue weighted by molar-refractivity contribution is 6.32. The molecule has 1 atom stereocenters. The van der Waals surface area contributed by atoms with Crippen LogP contribution < -0.4 is 5.32 Å². The quantitative estimate of drug-likeness (QED) is 0.869. The van der Waals surface area contributed by atoms with Crippen molar-refractivity contribution in [3.63, 3.8) is 0 Å². The first-order chi connectivity index (χ1) is 8.59. The number of nitrogens with zero attached hydrogens (tertiary/aromatic N) is 2. The Bertz CT molecular complexity index is 411. The first kappa shape index (κ1) is 13.9. The summed E-state index contributed by atoms with van der Waals surface area (Å²) in [6, 6.07) is 1.99. The van der Waals surface area contributed by atoms with Crippen molar-refractivity contribution in [2.24, 2.45) is 0 Å². The van der Waals surface area contributed by atoms with Gasteiger partial charge in [-0.3, -0.25) is 4.90 Å². The second kappa shape index (κ2) is 6.10. The van der Waals surface area contributed by atoms with E-state index < -0.39 is 12.5 Å². The van der Waals surface area contributed by atoms with Crippen molar-refractivity contribution in [2.45, 2.75) is 12.5 Å². The first-order valence-electron chi connectivity index (χ1n) is 5.64. The van der Waals surface area contributed by atoms with Crippen molar-refractivity contribution >= 4 is 23.2 Å². The minimum atomic E-state index is -2.51. The number of hydrogen-bond acceptors (Lipinski definition) is 3. The lowest BCUT2D eigenvalue weighted by atomic mass is 10.1. The van der Waals surface area contributed by atoms with Gasteiger partial charge >= 0.3 is 0 Å². The van der Waals surface area contributed by atoms with Gasteiger partial charge in [0.1, 0.15) is 10.3 Å². The molecular formula is C11H13Cl2F2N3. The van der Waals surface area contributed by atoms with Gasteiger partial charge in [-0.1, -0.05) is 29.3 Å². The highest BCUT2D eigenvalue weighted by Gasteiger charge is 2.32. The normalized spacial score (nSPS) is 19.2. The number of rotatable bonds is 3. The van der Waals surface area contributed by atoms with Gasteiger partial charge in [-0.2, -0.15) is 0 Å². The maximum atomic E-state index is 13.3. The van der Waals surface area contributed by atoms with E-state index in [1.807, 2.05) is 0 Å². The van der Waals surface area contributed by atoms with Crippen LogP contribution in [0.15, 0.2) is 12.1 Å². The average Bonchev–Trinajstić information content (AvgIpc) is 2.33. The summed E-state index contributed by atoms with van der Waals surface area (Å²) in [5, 5.41) is 3.38. The third-order valence-electron chi connectivity index (χ3n) is 2.95. The Hall–Kier alpha value is -0.490. The maximum absolute atomic E-state index is 13.3. The zero-order valence-corrected chi connectivity index (χ0v) is 11.1. The summed E-state index contributed by atoms with van der Waals surface area (Å²) in [5.41, 5.74) is 0.331. The SMILES string of the molecule is FC(F)[C@H](c1ccc(Cl)nc1Cl)N1CCNCC1. The van der Waals surface area contributed by atoms with Crippen LogP contribution in [0, 0.1) is 0 Å². The van der Waals surface area contributed by atoms with Gasteiger partial charge in [0.05, 0.1) is 6.04 Å². The van der Waals surface area contributed by atoms with Gasteiger partial charge in [0.2, 0.25) is 0 Å². The van der Waals surface area contributed by atoms with E-state index in [4.69, 9.17) is 23.2 Å². The molecule has 1 N–H and O–H groups in total. The van der Waals surface area contributed by atoms with E-state index in [0.717, 1.165) is 0 Å². The smallest absolute Gasteiger partial charge is 0.258 e. The molecule has 0 spiro atoms. The van der Waals surface area contributed by atoms with Crippen LogP contribution in [0.3, 0.4) is 0 Å². The molecule has 0 saturated carbocycles. The standard InChI is InChI=1S/C11H13Cl2F2N3/c12-8-2-1-7(10(13)17-8)9(11(14)15)18-5-3-16-4-6-18/h1-2,9,11,16H,3-6H2/t9-/m0/s1. The molecule has 0 amide bonds. The summed E-state index contributed by atoms with van der Waals surface area (Å²) in [5.74, 6) is 0. The van der Waals surface area contributed by atoms with E-state index in [-0.39, 0.29) is 10.3 Å². The van der Waals surface area contributed by atoms with Crippen LogP contribution >= 0.6 is 23.2 Å². The predicted octanol–water partition coefficient (Wildman–Crippen LogP) is 2.60. The summed E-state index contributed by atoms with van der Waals surface area (Å²) in [6.45, 7) is 2.52. The van der Waals surface area contributed by atoms with Gasteiger partial charge in [-0.05, 0) is 6.07 Å². The van der Waals surface area contributed by atoms with E-state index in [1.165, 1.54) is 12.1 Å². The zero-order chi connectivity index (χ0) is 13.1. The van der Waals surface area contributed by atoms with Gasteiger partial charge in [0.25, 0.3) is 6.43 Å². The number of halogens is 4.